The molecule has 1 aliphatic heterocycles. The number of nitrogens with one attached hydrogen (secondary N) is 1. The van der Waals surface area contributed by atoms with Crippen molar-refractivity contribution >= 4 is 29.1 Å². The molecular formula is C21H22FN3O4. The molecule has 1 aliphatic rings. The Bertz CT molecular complexity index is 943. The monoisotopic (exact) mass is 399 g/mol. The van der Waals surface area contributed by atoms with Gasteiger partial charge < -0.3 is 15.0 Å². The van der Waals surface area contributed by atoms with E-state index in [-0.39, 0.29) is 30.5 Å². The summed E-state index contributed by atoms with van der Waals surface area (Å²) >= 11 is 0. The van der Waals surface area contributed by atoms with E-state index in [0.717, 1.165) is 6.07 Å². The number of carbonyl (C=O) groups excluding carboxylic acids is 3. The van der Waals surface area contributed by atoms with Gasteiger partial charge in [-0.05, 0) is 50.2 Å². The second-order valence-corrected chi connectivity index (χ2v) is 6.48. The second kappa shape index (κ2) is 8.72. The first-order valence-electron chi connectivity index (χ1n) is 9.34. The van der Waals surface area contributed by atoms with Crippen LogP contribution in [0.4, 0.5) is 15.8 Å². The molecule has 1 N–H and O–H groups in total. The van der Waals surface area contributed by atoms with Gasteiger partial charge in [0.05, 0.1) is 5.69 Å². The zero-order valence-electron chi connectivity index (χ0n) is 16.3. The Balaban J connectivity index is 1.84. The third kappa shape index (κ3) is 4.53. The molecule has 1 heterocycles. The number of nitrogens with zero attached hydrogens (tertiary/aromatic N) is 2. The standard InChI is InChI=1S/C21H22FN3O4/c1-3-24(4-2)19(26)12-25-17-11-16(8-9-18(17)29-13-20(25)27)23-21(28)14-6-5-7-15(22)10-14/h5-11H,3-4,12-13H2,1-2H3,(H,23,28). The number of likely N-dealkylation sites (N-methyl/N-ethyl adjacent to an activating group) is 1. The van der Waals surface area contributed by atoms with Gasteiger partial charge in [-0.25, -0.2) is 4.39 Å². The van der Waals surface area contributed by atoms with Gasteiger partial charge >= 0.3 is 0 Å². The first-order chi connectivity index (χ1) is 13.9. The van der Waals surface area contributed by atoms with Crippen molar-refractivity contribution in [1.29, 1.82) is 0 Å². The van der Waals surface area contributed by atoms with Crippen LogP contribution in [0.3, 0.4) is 0 Å². The number of ether oxygens (including phenoxy) is 1. The minimum absolute atomic E-state index is 0.113. The van der Waals surface area contributed by atoms with Gasteiger partial charge in [-0.2, -0.15) is 0 Å². The summed E-state index contributed by atoms with van der Waals surface area (Å²) in [5.41, 5.74) is 0.971. The summed E-state index contributed by atoms with van der Waals surface area (Å²) < 4.78 is 18.8. The maximum atomic E-state index is 13.4. The number of anilines is 2. The lowest BCUT2D eigenvalue weighted by molar-refractivity contribution is -0.131. The largest absolute Gasteiger partial charge is 0.482 e. The third-order valence-electron chi connectivity index (χ3n) is 4.66. The maximum Gasteiger partial charge on any atom is 0.265 e. The van der Waals surface area contributed by atoms with Crippen LogP contribution in [0.15, 0.2) is 42.5 Å². The Kier molecular flexibility index (Phi) is 6.11. The van der Waals surface area contributed by atoms with Crippen LogP contribution in [-0.2, 0) is 9.59 Å². The van der Waals surface area contributed by atoms with Crippen LogP contribution >= 0.6 is 0 Å². The predicted molar refractivity (Wildman–Crippen MR) is 107 cm³/mol. The SMILES string of the molecule is CCN(CC)C(=O)CN1C(=O)COc2ccc(NC(=O)c3cccc(F)c3)cc21. The molecule has 0 saturated carbocycles. The zero-order valence-corrected chi connectivity index (χ0v) is 16.3. The molecule has 7 nitrogen and oxygen atoms in total. The van der Waals surface area contributed by atoms with Crippen LogP contribution in [-0.4, -0.2) is 48.9 Å². The number of carbonyl (C=O) groups is 3. The fraction of sp³-hybridized carbons (Fsp3) is 0.286. The minimum atomic E-state index is -0.511. The van der Waals surface area contributed by atoms with Crippen molar-refractivity contribution in [1.82, 2.24) is 4.90 Å². The lowest BCUT2D eigenvalue weighted by Crippen LogP contribution is -2.46. The lowest BCUT2D eigenvalue weighted by atomic mass is 10.1. The molecule has 2 aromatic carbocycles. The maximum absolute atomic E-state index is 13.4. The van der Waals surface area contributed by atoms with E-state index in [2.05, 4.69) is 5.32 Å². The van der Waals surface area contributed by atoms with Crippen molar-refractivity contribution in [2.24, 2.45) is 0 Å². The van der Waals surface area contributed by atoms with Crippen molar-refractivity contribution in [3.05, 3.63) is 53.8 Å². The van der Waals surface area contributed by atoms with Crippen molar-refractivity contribution < 1.29 is 23.5 Å². The third-order valence-corrected chi connectivity index (χ3v) is 4.66. The normalized spacial score (nSPS) is 12.8. The quantitative estimate of drug-likeness (QED) is 0.810. The van der Waals surface area contributed by atoms with E-state index < -0.39 is 11.7 Å². The first-order valence-corrected chi connectivity index (χ1v) is 9.34. The fourth-order valence-electron chi connectivity index (χ4n) is 3.10. The molecule has 0 aliphatic carbocycles. The summed E-state index contributed by atoms with van der Waals surface area (Å²) in [4.78, 5) is 40.2. The molecule has 3 rings (SSSR count). The summed E-state index contributed by atoms with van der Waals surface area (Å²) in [7, 11) is 0. The van der Waals surface area contributed by atoms with Gasteiger partial charge in [-0.1, -0.05) is 6.07 Å². The Morgan fingerprint density at radius 1 is 1.17 bits per heavy atom. The molecule has 0 bridgehead atoms. The van der Waals surface area contributed by atoms with Crippen LogP contribution in [0.5, 0.6) is 5.75 Å². The van der Waals surface area contributed by atoms with E-state index >= 15 is 0 Å². The van der Waals surface area contributed by atoms with E-state index in [9.17, 15) is 18.8 Å². The van der Waals surface area contributed by atoms with Gasteiger partial charge in [-0.15, -0.1) is 0 Å². The van der Waals surface area contributed by atoms with E-state index in [1.165, 1.54) is 23.1 Å². The summed E-state index contributed by atoms with van der Waals surface area (Å²) in [6.45, 7) is 4.56. The average molecular weight is 399 g/mol. The lowest BCUT2D eigenvalue weighted by Gasteiger charge is -2.31. The molecule has 0 aromatic heterocycles. The van der Waals surface area contributed by atoms with Crippen molar-refractivity contribution in [3.8, 4) is 5.75 Å². The van der Waals surface area contributed by atoms with Gasteiger partial charge in [0.25, 0.3) is 11.8 Å². The highest BCUT2D eigenvalue weighted by atomic mass is 19.1. The Morgan fingerprint density at radius 2 is 1.93 bits per heavy atom. The molecule has 0 atom stereocenters. The van der Waals surface area contributed by atoms with E-state index in [4.69, 9.17) is 4.74 Å². The molecule has 29 heavy (non-hydrogen) atoms. The molecule has 0 unspecified atom stereocenters. The van der Waals surface area contributed by atoms with Crippen LogP contribution in [0.25, 0.3) is 0 Å². The second-order valence-electron chi connectivity index (χ2n) is 6.48. The van der Waals surface area contributed by atoms with Gasteiger partial charge in [0.15, 0.2) is 6.61 Å². The number of halogens is 1. The number of benzene rings is 2. The number of hydrogen-bond acceptors (Lipinski definition) is 4. The number of rotatable bonds is 6. The summed E-state index contributed by atoms with van der Waals surface area (Å²) in [6.07, 6.45) is 0. The topological polar surface area (TPSA) is 79.0 Å². The number of hydrogen-bond donors (Lipinski definition) is 1. The molecule has 0 saturated heterocycles. The zero-order chi connectivity index (χ0) is 21.0. The molecule has 152 valence electrons. The van der Waals surface area contributed by atoms with Crippen LogP contribution < -0.4 is 15.0 Å². The molecule has 0 spiro atoms. The number of fused-ring (bicyclic) bond motifs is 1. The molecule has 0 radical (unpaired) electrons. The van der Waals surface area contributed by atoms with Gasteiger partial charge in [0, 0.05) is 24.3 Å². The Morgan fingerprint density at radius 3 is 2.62 bits per heavy atom. The summed E-state index contributed by atoms with van der Waals surface area (Å²) in [5.74, 6) is -1.07. The minimum Gasteiger partial charge on any atom is -0.482 e. The van der Waals surface area contributed by atoms with Crippen molar-refractivity contribution in [2.75, 3.05) is 36.5 Å². The number of amides is 3. The van der Waals surface area contributed by atoms with Gasteiger partial charge in [0.1, 0.15) is 18.1 Å². The van der Waals surface area contributed by atoms with E-state index in [1.807, 2.05) is 13.8 Å². The first kappa shape index (κ1) is 20.3. The molecule has 3 amide bonds. The summed E-state index contributed by atoms with van der Waals surface area (Å²) in [6, 6.07) is 10.1. The Labute approximate surface area is 168 Å². The molecule has 0 fully saturated rings. The van der Waals surface area contributed by atoms with E-state index in [0.29, 0.717) is 30.2 Å². The molecular weight excluding hydrogens is 377 g/mol. The smallest absolute Gasteiger partial charge is 0.265 e. The van der Waals surface area contributed by atoms with Crippen molar-refractivity contribution in [2.45, 2.75) is 13.8 Å². The van der Waals surface area contributed by atoms with E-state index in [1.54, 1.807) is 23.1 Å². The highest BCUT2D eigenvalue weighted by Gasteiger charge is 2.29. The highest BCUT2D eigenvalue weighted by Crippen LogP contribution is 2.34. The Hall–Kier alpha value is -3.42. The average Bonchev–Trinajstić information content (AvgIpc) is 2.71. The molecule has 2 aromatic rings. The van der Waals surface area contributed by atoms with Crippen LogP contribution in [0.2, 0.25) is 0 Å². The van der Waals surface area contributed by atoms with Gasteiger partial charge in [0.2, 0.25) is 5.91 Å². The fourth-order valence-corrected chi connectivity index (χ4v) is 3.10. The molecule has 8 heteroatoms. The summed E-state index contributed by atoms with van der Waals surface area (Å²) in [5, 5.41) is 2.67. The predicted octanol–water partition coefficient (Wildman–Crippen LogP) is 2.67. The van der Waals surface area contributed by atoms with Gasteiger partial charge in [-0.3, -0.25) is 19.3 Å². The van der Waals surface area contributed by atoms with Crippen LogP contribution in [0, 0.1) is 5.82 Å². The van der Waals surface area contributed by atoms with Crippen molar-refractivity contribution in [3.63, 3.8) is 0 Å². The highest BCUT2D eigenvalue weighted by molar-refractivity contribution is 6.06. The van der Waals surface area contributed by atoms with Crippen LogP contribution in [0.1, 0.15) is 24.2 Å².